The Hall–Kier alpha value is -3.64. The lowest BCUT2D eigenvalue weighted by atomic mass is 10.0. The summed E-state index contributed by atoms with van der Waals surface area (Å²) in [6, 6.07) is 24.0. The average Bonchev–Trinajstić information content (AvgIpc) is 3.47. The molecule has 1 amide bonds. The number of nitrogens with one attached hydrogen (secondary N) is 1. The van der Waals surface area contributed by atoms with Crippen LogP contribution in [-0.4, -0.2) is 20.9 Å². The number of benzene rings is 4. The fourth-order valence-corrected chi connectivity index (χ4v) is 6.52. The van der Waals surface area contributed by atoms with Gasteiger partial charge in [0.15, 0.2) is 0 Å². The maximum Gasteiger partial charge on any atom is 0.264 e. The number of hydrogen-bond acceptors (Lipinski definition) is 3. The maximum atomic E-state index is 13.2. The SMILES string of the molecule is O=C(Nc1ccc2c3c(cccc13)CC2)c1ccc(S(=O)(=O)N2CCc3ccccc32)cc1. The van der Waals surface area contributed by atoms with E-state index in [1.54, 1.807) is 12.1 Å². The molecule has 6 heteroatoms. The Morgan fingerprint density at radius 3 is 2.30 bits per heavy atom. The zero-order chi connectivity index (χ0) is 22.6. The van der Waals surface area contributed by atoms with Gasteiger partial charge in [-0.3, -0.25) is 9.10 Å². The highest BCUT2D eigenvalue weighted by Gasteiger charge is 2.30. The summed E-state index contributed by atoms with van der Waals surface area (Å²) in [7, 11) is -3.68. The molecule has 5 nitrogen and oxygen atoms in total. The third-order valence-corrected chi connectivity index (χ3v) is 8.50. The Labute approximate surface area is 192 Å². The summed E-state index contributed by atoms with van der Waals surface area (Å²) < 4.78 is 27.9. The molecule has 2 aliphatic rings. The first-order valence-corrected chi connectivity index (χ1v) is 12.5. The van der Waals surface area contributed by atoms with E-state index >= 15 is 0 Å². The fourth-order valence-electron chi connectivity index (χ4n) is 5.01. The Morgan fingerprint density at radius 2 is 1.48 bits per heavy atom. The van der Waals surface area contributed by atoms with E-state index in [1.165, 1.54) is 33.0 Å². The molecule has 4 aromatic carbocycles. The number of sulfonamides is 1. The largest absolute Gasteiger partial charge is 0.321 e. The second-order valence-electron chi connectivity index (χ2n) is 8.55. The molecule has 6 rings (SSSR count). The highest BCUT2D eigenvalue weighted by molar-refractivity contribution is 7.92. The number of hydrogen-bond donors (Lipinski definition) is 1. The Balaban J connectivity index is 1.26. The molecule has 0 bridgehead atoms. The minimum atomic E-state index is -3.68. The Kier molecular flexibility index (Phi) is 4.52. The van der Waals surface area contributed by atoms with Crippen LogP contribution in [0.4, 0.5) is 11.4 Å². The molecule has 0 aromatic heterocycles. The molecular weight excluding hydrogens is 432 g/mol. The van der Waals surface area contributed by atoms with Gasteiger partial charge in [-0.2, -0.15) is 0 Å². The highest BCUT2D eigenvalue weighted by Crippen LogP contribution is 2.35. The standard InChI is InChI=1S/C27H22N2O3S/c30-27(28-24-15-12-20-9-8-19-5-3-6-23(24)26(19)20)21-10-13-22(14-11-21)33(31,32)29-17-16-18-4-1-2-7-25(18)29/h1-7,10-15H,8-9,16-17H2,(H,28,30). The van der Waals surface area contributed by atoms with E-state index in [0.29, 0.717) is 18.5 Å². The van der Waals surface area contributed by atoms with Gasteiger partial charge in [0, 0.05) is 23.2 Å². The fraction of sp³-hybridized carbons (Fsp3) is 0.148. The zero-order valence-corrected chi connectivity index (χ0v) is 18.7. The van der Waals surface area contributed by atoms with Crippen molar-refractivity contribution in [3.05, 3.63) is 101 Å². The lowest BCUT2D eigenvalue weighted by molar-refractivity contribution is 0.102. The minimum Gasteiger partial charge on any atom is -0.321 e. The average molecular weight is 455 g/mol. The van der Waals surface area contributed by atoms with E-state index in [1.807, 2.05) is 42.5 Å². The van der Waals surface area contributed by atoms with Crippen LogP contribution in [0, 0.1) is 0 Å². The van der Waals surface area contributed by atoms with Gasteiger partial charge in [-0.05, 0) is 77.7 Å². The Morgan fingerprint density at radius 1 is 0.758 bits per heavy atom. The van der Waals surface area contributed by atoms with Gasteiger partial charge in [0.1, 0.15) is 0 Å². The predicted molar refractivity (Wildman–Crippen MR) is 130 cm³/mol. The number of amides is 1. The van der Waals surface area contributed by atoms with Crippen LogP contribution >= 0.6 is 0 Å². The second-order valence-corrected chi connectivity index (χ2v) is 10.4. The molecule has 0 fully saturated rings. The molecule has 1 N–H and O–H groups in total. The topological polar surface area (TPSA) is 66.5 Å². The predicted octanol–water partition coefficient (Wildman–Crippen LogP) is 4.94. The molecule has 1 aliphatic carbocycles. The number of aryl methyl sites for hydroxylation is 2. The summed E-state index contributed by atoms with van der Waals surface area (Å²) in [4.78, 5) is 13.1. The number of fused-ring (bicyclic) bond motifs is 1. The third-order valence-electron chi connectivity index (χ3n) is 6.67. The van der Waals surface area contributed by atoms with Gasteiger partial charge in [0.05, 0.1) is 10.6 Å². The molecule has 1 heterocycles. The van der Waals surface area contributed by atoms with E-state index in [4.69, 9.17) is 0 Å². The number of nitrogens with zero attached hydrogens (tertiary/aromatic N) is 1. The van der Waals surface area contributed by atoms with Crippen molar-refractivity contribution in [2.75, 3.05) is 16.2 Å². The van der Waals surface area contributed by atoms with Crippen LogP contribution in [0.3, 0.4) is 0 Å². The van der Waals surface area contributed by atoms with Crippen molar-refractivity contribution in [2.45, 2.75) is 24.2 Å². The van der Waals surface area contributed by atoms with Gasteiger partial charge in [0.25, 0.3) is 15.9 Å². The van der Waals surface area contributed by atoms with Gasteiger partial charge in [-0.1, -0.05) is 42.5 Å². The third kappa shape index (κ3) is 3.21. The van der Waals surface area contributed by atoms with Crippen molar-refractivity contribution in [3.63, 3.8) is 0 Å². The molecule has 0 unspecified atom stereocenters. The molecule has 0 spiro atoms. The first-order valence-electron chi connectivity index (χ1n) is 11.1. The number of carbonyl (C=O) groups is 1. The van der Waals surface area contributed by atoms with Crippen LogP contribution in [0.1, 0.15) is 27.0 Å². The summed E-state index contributed by atoms with van der Waals surface area (Å²) in [6.07, 6.45) is 2.76. The summed E-state index contributed by atoms with van der Waals surface area (Å²) >= 11 is 0. The molecular formula is C27H22N2O3S. The number of carbonyl (C=O) groups excluding carboxylic acids is 1. The lowest BCUT2D eigenvalue weighted by Gasteiger charge is -2.19. The minimum absolute atomic E-state index is 0.182. The van der Waals surface area contributed by atoms with Gasteiger partial charge in [-0.25, -0.2) is 8.42 Å². The Bertz CT molecular complexity index is 1520. The molecule has 4 aromatic rings. The van der Waals surface area contributed by atoms with Gasteiger partial charge < -0.3 is 5.32 Å². The van der Waals surface area contributed by atoms with E-state index in [9.17, 15) is 13.2 Å². The number of rotatable bonds is 4. The number of anilines is 2. The quantitative estimate of drug-likeness (QED) is 0.475. The van der Waals surface area contributed by atoms with Crippen LogP contribution < -0.4 is 9.62 Å². The van der Waals surface area contributed by atoms with Crippen LogP contribution in [0.25, 0.3) is 10.8 Å². The lowest BCUT2D eigenvalue weighted by Crippen LogP contribution is -2.29. The molecule has 0 saturated heterocycles. The molecule has 0 radical (unpaired) electrons. The summed E-state index contributed by atoms with van der Waals surface area (Å²) in [5.41, 5.74) is 5.58. The van der Waals surface area contributed by atoms with Crippen LogP contribution in [-0.2, 0) is 29.3 Å². The van der Waals surface area contributed by atoms with Crippen molar-refractivity contribution in [2.24, 2.45) is 0 Å². The number of para-hydroxylation sites is 1. The normalized spacial score (nSPS) is 14.5. The van der Waals surface area contributed by atoms with Gasteiger partial charge in [-0.15, -0.1) is 0 Å². The highest BCUT2D eigenvalue weighted by atomic mass is 32.2. The molecule has 0 atom stereocenters. The molecule has 1 aliphatic heterocycles. The second kappa shape index (κ2) is 7.46. The maximum absolute atomic E-state index is 13.2. The van der Waals surface area contributed by atoms with Gasteiger partial charge in [0.2, 0.25) is 0 Å². The van der Waals surface area contributed by atoms with Crippen molar-refractivity contribution in [3.8, 4) is 0 Å². The van der Waals surface area contributed by atoms with Crippen molar-refractivity contribution in [1.29, 1.82) is 0 Å². The van der Waals surface area contributed by atoms with Crippen LogP contribution in [0.15, 0.2) is 83.8 Å². The first-order chi connectivity index (χ1) is 16.0. The zero-order valence-electron chi connectivity index (χ0n) is 17.9. The van der Waals surface area contributed by atoms with E-state index in [0.717, 1.165) is 35.2 Å². The van der Waals surface area contributed by atoms with Crippen LogP contribution in [0.2, 0.25) is 0 Å². The van der Waals surface area contributed by atoms with E-state index in [-0.39, 0.29) is 10.8 Å². The van der Waals surface area contributed by atoms with E-state index in [2.05, 4.69) is 17.4 Å². The van der Waals surface area contributed by atoms with Crippen molar-refractivity contribution >= 4 is 38.1 Å². The summed E-state index contributed by atoms with van der Waals surface area (Å²) in [6.45, 7) is 0.426. The summed E-state index contributed by atoms with van der Waals surface area (Å²) in [5, 5.41) is 5.29. The first kappa shape index (κ1) is 20.0. The van der Waals surface area contributed by atoms with Crippen LogP contribution in [0.5, 0.6) is 0 Å². The van der Waals surface area contributed by atoms with Gasteiger partial charge >= 0.3 is 0 Å². The monoisotopic (exact) mass is 454 g/mol. The molecule has 164 valence electrons. The summed E-state index contributed by atoms with van der Waals surface area (Å²) in [5.74, 6) is -0.260. The van der Waals surface area contributed by atoms with E-state index < -0.39 is 10.0 Å². The smallest absolute Gasteiger partial charge is 0.264 e. The van der Waals surface area contributed by atoms with Crippen molar-refractivity contribution < 1.29 is 13.2 Å². The molecule has 33 heavy (non-hydrogen) atoms. The van der Waals surface area contributed by atoms with Crippen molar-refractivity contribution in [1.82, 2.24) is 0 Å². The molecule has 0 saturated carbocycles.